The second kappa shape index (κ2) is 3.25. The molecule has 1 radical (unpaired) electrons. The largest absolute Gasteiger partial charge is 0.494 e. The quantitative estimate of drug-likeness (QED) is 0.604. The molecule has 0 heterocycles. The van der Waals surface area contributed by atoms with Crippen LogP contribution < -0.4 is 4.74 Å². The predicted octanol–water partition coefficient (Wildman–Crippen LogP) is 2.19. The Morgan fingerprint density at radius 2 is 2.30 bits per heavy atom. The summed E-state index contributed by atoms with van der Waals surface area (Å²) in [5, 5.41) is 0. The van der Waals surface area contributed by atoms with Crippen LogP contribution in [-0.2, 0) is 0 Å². The molecule has 1 heteroatoms. The van der Waals surface area contributed by atoms with Gasteiger partial charge in [-0.15, -0.1) is 0 Å². The van der Waals surface area contributed by atoms with Gasteiger partial charge in [0.25, 0.3) is 0 Å². The van der Waals surface area contributed by atoms with E-state index in [0.717, 1.165) is 17.9 Å². The molecule has 0 aliphatic carbocycles. The van der Waals surface area contributed by atoms with Gasteiger partial charge in [-0.05, 0) is 37.6 Å². The third kappa shape index (κ3) is 1.76. The van der Waals surface area contributed by atoms with Crippen LogP contribution in [0.15, 0.2) is 18.2 Å². The third-order valence-corrected chi connectivity index (χ3v) is 1.25. The first-order chi connectivity index (χ1) is 4.83. The molecule has 0 bridgehead atoms. The molecule has 53 valence electrons. The molecule has 0 saturated heterocycles. The van der Waals surface area contributed by atoms with Crippen molar-refractivity contribution in [3.05, 3.63) is 29.8 Å². The summed E-state index contributed by atoms with van der Waals surface area (Å²) in [6, 6.07) is 8.86. The average molecular weight is 135 g/mol. The molecular formula is C9H11O. The molecule has 1 rings (SSSR count). The van der Waals surface area contributed by atoms with Crippen LogP contribution in [0.25, 0.3) is 0 Å². The molecule has 10 heavy (non-hydrogen) atoms. The van der Waals surface area contributed by atoms with E-state index in [9.17, 15) is 0 Å². The van der Waals surface area contributed by atoms with E-state index >= 15 is 0 Å². The van der Waals surface area contributed by atoms with E-state index in [1.165, 1.54) is 0 Å². The van der Waals surface area contributed by atoms with Gasteiger partial charge in [0, 0.05) is 0 Å². The van der Waals surface area contributed by atoms with Crippen molar-refractivity contribution in [3.8, 4) is 5.75 Å². The minimum atomic E-state index is 0.719. The van der Waals surface area contributed by atoms with Crippen molar-refractivity contribution in [1.29, 1.82) is 0 Å². The maximum absolute atomic E-state index is 5.23. The molecule has 0 aromatic heterocycles. The van der Waals surface area contributed by atoms with Crippen LogP contribution in [0.3, 0.4) is 0 Å². The molecule has 0 atom stereocenters. The van der Waals surface area contributed by atoms with Gasteiger partial charge in [-0.2, -0.15) is 0 Å². The minimum Gasteiger partial charge on any atom is -0.494 e. The summed E-state index contributed by atoms with van der Waals surface area (Å²) in [6.45, 7) is 4.70. The van der Waals surface area contributed by atoms with Crippen molar-refractivity contribution < 1.29 is 4.74 Å². The smallest absolute Gasteiger partial charge is 0.119 e. The Bertz CT molecular complexity index is 188. The molecule has 1 nitrogen and oxygen atoms in total. The summed E-state index contributed by atoms with van der Waals surface area (Å²) in [6.07, 6.45) is 0. The van der Waals surface area contributed by atoms with Crippen LogP contribution in [0.2, 0.25) is 0 Å². The van der Waals surface area contributed by atoms with E-state index in [2.05, 4.69) is 6.07 Å². The lowest BCUT2D eigenvalue weighted by Gasteiger charge is -2.00. The van der Waals surface area contributed by atoms with Crippen molar-refractivity contribution in [3.63, 3.8) is 0 Å². The van der Waals surface area contributed by atoms with Crippen molar-refractivity contribution >= 4 is 0 Å². The van der Waals surface area contributed by atoms with Crippen LogP contribution in [0.4, 0.5) is 0 Å². The summed E-state index contributed by atoms with van der Waals surface area (Å²) >= 11 is 0. The molecule has 1 aromatic carbocycles. The highest BCUT2D eigenvalue weighted by Crippen LogP contribution is 2.09. The lowest BCUT2D eigenvalue weighted by Crippen LogP contribution is -1.90. The third-order valence-electron chi connectivity index (χ3n) is 1.25. The topological polar surface area (TPSA) is 9.23 Å². The van der Waals surface area contributed by atoms with Crippen molar-refractivity contribution in [2.45, 2.75) is 13.8 Å². The number of hydrogen-bond donors (Lipinski definition) is 0. The number of ether oxygens (including phenoxy) is 1. The van der Waals surface area contributed by atoms with E-state index < -0.39 is 0 Å². The van der Waals surface area contributed by atoms with Gasteiger partial charge in [-0.3, -0.25) is 0 Å². The van der Waals surface area contributed by atoms with Crippen molar-refractivity contribution in [1.82, 2.24) is 0 Å². The zero-order valence-corrected chi connectivity index (χ0v) is 6.35. The molecular weight excluding hydrogens is 124 g/mol. The number of hydrogen-bond acceptors (Lipinski definition) is 1. The maximum Gasteiger partial charge on any atom is 0.119 e. The van der Waals surface area contributed by atoms with Crippen LogP contribution in [0.5, 0.6) is 5.75 Å². The van der Waals surface area contributed by atoms with Gasteiger partial charge in [0.2, 0.25) is 0 Å². The average Bonchev–Trinajstić information content (AvgIpc) is 1.95. The predicted molar refractivity (Wildman–Crippen MR) is 41.2 cm³/mol. The van der Waals surface area contributed by atoms with E-state index in [-0.39, 0.29) is 0 Å². The minimum absolute atomic E-state index is 0.719. The summed E-state index contributed by atoms with van der Waals surface area (Å²) in [5.74, 6) is 0.896. The molecule has 0 unspecified atom stereocenters. The fourth-order valence-corrected chi connectivity index (χ4v) is 0.745. The fourth-order valence-electron chi connectivity index (χ4n) is 0.745. The first kappa shape index (κ1) is 7.13. The Kier molecular flexibility index (Phi) is 2.32. The summed E-state index contributed by atoms with van der Waals surface area (Å²) in [5.41, 5.74) is 1.14. The van der Waals surface area contributed by atoms with Gasteiger partial charge < -0.3 is 4.74 Å². The first-order valence-corrected chi connectivity index (χ1v) is 3.44. The molecule has 1 aromatic rings. The molecule has 0 aliphatic rings. The standard InChI is InChI=1S/C9H11O/c1-3-10-9-6-4-8(2)5-7-9/h4,6-7H,3H2,1-2H3. The van der Waals surface area contributed by atoms with Gasteiger partial charge >= 0.3 is 0 Å². The van der Waals surface area contributed by atoms with Crippen molar-refractivity contribution in [2.75, 3.05) is 6.61 Å². The molecule has 0 spiro atoms. The summed E-state index contributed by atoms with van der Waals surface area (Å²) in [7, 11) is 0. The zero-order chi connectivity index (χ0) is 7.40. The van der Waals surface area contributed by atoms with E-state index in [1.807, 2.05) is 32.0 Å². The van der Waals surface area contributed by atoms with E-state index in [4.69, 9.17) is 4.74 Å². The van der Waals surface area contributed by atoms with Gasteiger partial charge in [-0.25, -0.2) is 0 Å². The highest BCUT2D eigenvalue weighted by atomic mass is 16.5. The SMILES string of the molecule is CCOc1c[c]c(C)cc1. The van der Waals surface area contributed by atoms with E-state index in [0.29, 0.717) is 0 Å². The second-order valence-electron chi connectivity index (χ2n) is 2.14. The molecule has 0 fully saturated rings. The van der Waals surface area contributed by atoms with Gasteiger partial charge in [-0.1, -0.05) is 6.07 Å². The number of benzene rings is 1. The number of aryl methyl sites for hydroxylation is 1. The molecule has 0 aliphatic heterocycles. The maximum atomic E-state index is 5.23. The molecule has 0 saturated carbocycles. The fraction of sp³-hybridized carbons (Fsp3) is 0.333. The highest BCUT2D eigenvalue weighted by Gasteiger charge is 1.88. The molecule has 0 amide bonds. The lowest BCUT2D eigenvalue weighted by molar-refractivity contribution is 0.340. The van der Waals surface area contributed by atoms with Gasteiger partial charge in [0.1, 0.15) is 5.75 Å². The Morgan fingerprint density at radius 3 is 2.80 bits per heavy atom. The number of rotatable bonds is 2. The lowest BCUT2D eigenvalue weighted by atomic mass is 10.2. The van der Waals surface area contributed by atoms with Crippen molar-refractivity contribution in [2.24, 2.45) is 0 Å². The van der Waals surface area contributed by atoms with Crippen LogP contribution in [0, 0.1) is 13.0 Å². The normalized spacial score (nSPS) is 9.40. The monoisotopic (exact) mass is 135 g/mol. The Labute approximate surface area is 61.6 Å². The van der Waals surface area contributed by atoms with Gasteiger partial charge in [0.05, 0.1) is 6.61 Å². The molecule has 0 N–H and O–H groups in total. The second-order valence-corrected chi connectivity index (χ2v) is 2.14. The van der Waals surface area contributed by atoms with Gasteiger partial charge in [0.15, 0.2) is 0 Å². The van der Waals surface area contributed by atoms with Crippen LogP contribution in [0.1, 0.15) is 12.5 Å². The Balaban J connectivity index is 2.69. The highest BCUT2D eigenvalue weighted by molar-refractivity contribution is 5.24. The Morgan fingerprint density at radius 1 is 1.50 bits per heavy atom. The van der Waals surface area contributed by atoms with E-state index in [1.54, 1.807) is 0 Å². The first-order valence-electron chi connectivity index (χ1n) is 3.44. The van der Waals surface area contributed by atoms with Crippen LogP contribution >= 0.6 is 0 Å². The van der Waals surface area contributed by atoms with Crippen LogP contribution in [-0.4, -0.2) is 6.61 Å². The summed E-state index contributed by atoms with van der Waals surface area (Å²) in [4.78, 5) is 0. The summed E-state index contributed by atoms with van der Waals surface area (Å²) < 4.78 is 5.23. The zero-order valence-electron chi connectivity index (χ0n) is 6.35. The Hall–Kier alpha value is -0.980.